The van der Waals surface area contributed by atoms with E-state index in [1.807, 2.05) is 25.1 Å². The molecule has 5 nitrogen and oxygen atoms in total. The Labute approximate surface area is 198 Å². The number of aromatic nitrogens is 1. The van der Waals surface area contributed by atoms with E-state index in [0.29, 0.717) is 18.5 Å². The monoisotopic (exact) mass is 465 g/mol. The zero-order valence-electron chi connectivity index (χ0n) is 19.2. The van der Waals surface area contributed by atoms with E-state index >= 15 is 0 Å². The molecule has 7 heteroatoms. The molecule has 4 rings (SSSR count). The van der Waals surface area contributed by atoms with E-state index < -0.39 is 17.3 Å². The van der Waals surface area contributed by atoms with E-state index in [9.17, 15) is 13.6 Å². The number of ether oxygens (including phenoxy) is 1. The van der Waals surface area contributed by atoms with Gasteiger partial charge in [-0.2, -0.15) is 0 Å². The number of piperidine rings is 1. The molecule has 3 aromatic rings. The lowest BCUT2D eigenvalue weighted by molar-refractivity contribution is -0.145. The number of benzene rings is 2. The Morgan fingerprint density at radius 2 is 1.76 bits per heavy atom. The molecule has 1 aliphatic rings. The predicted molar refractivity (Wildman–Crippen MR) is 126 cm³/mol. The second kappa shape index (κ2) is 10.7. The van der Waals surface area contributed by atoms with Gasteiger partial charge in [-0.05, 0) is 67.9 Å². The largest absolute Gasteiger partial charge is 0.489 e. The predicted octanol–water partition coefficient (Wildman–Crippen LogP) is 4.75. The van der Waals surface area contributed by atoms with Gasteiger partial charge in [-0.15, -0.1) is 0 Å². The smallest absolute Gasteiger partial charge is 0.229 e. The number of rotatable bonds is 8. The summed E-state index contributed by atoms with van der Waals surface area (Å²) < 4.78 is 33.5. The molecule has 1 fully saturated rings. The maximum absolute atomic E-state index is 14.1. The third-order valence-corrected chi connectivity index (χ3v) is 6.38. The number of carbonyl (C=O) groups is 1. The molecule has 1 atom stereocenters. The average molecular weight is 466 g/mol. The number of nitrogens with one attached hydrogen (secondary N) is 1. The summed E-state index contributed by atoms with van der Waals surface area (Å²) >= 11 is 0. The fourth-order valence-electron chi connectivity index (χ4n) is 4.40. The second-order valence-corrected chi connectivity index (χ2v) is 8.80. The van der Waals surface area contributed by atoms with E-state index in [2.05, 4.69) is 10.3 Å². The maximum Gasteiger partial charge on any atom is 0.229 e. The van der Waals surface area contributed by atoms with E-state index in [0.717, 1.165) is 18.7 Å². The molecule has 2 aromatic carbocycles. The molecule has 0 radical (unpaired) electrons. The van der Waals surface area contributed by atoms with Crippen LogP contribution in [0.1, 0.15) is 37.1 Å². The average Bonchev–Trinajstić information content (AvgIpc) is 2.86. The minimum absolute atomic E-state index is 0.0221. The number of pyridine rings is 1. The summed E-state index contributed by atoms with van der Waals surface area (Å²) in [6, 6.07) is 17.3. The molecule has 0 unspecified atom stereocenters. The molecule has 34 heavy (non-hydrogen) atoms. The highest BCUT2D eigenvalue weighted by molar-refractivity contribution is 5.83. The Morgan fingerprint density at radius 1 is 1.06 bits per heavy atom. The van der Waals surface area contributed by atoms with Crippen molar-refractivity contribution in [2.24, 2.45) is 5.41 Å². The zero-order valence-corrected chi connectivity index (χ0v) is 19.2. The Kier molecular flexibility index (Phi) is 7.53. The van der Waals surface area contributed by atoms with Gasteiger partial charge in [-0.3, -0.25) is 9.78 Å². The molecule has 1 N–H and O–H groups in total. The topological polar surface area (TPSA) is 54.5 Å². The van der Waals surface area contributed by atoms with Crippen LogP contribution in [0.4, 0.5) is 8.78 Å². The quantitative estimate of drug-likeness (QED) is 0.522. The van der Waals surface area contributed by atoms with Crippen molar-refractivity contribution in [3.05, 3.63) is 95.8 Å². The first-order valence-electron chi connectivity index (χ1n) is 11.5. The summed E-state index contributed by atoms with van der Waals surface area (Å²) in [4.78, 5) is 20.3. The molecule has 0 saturated carbocycles. The first kappa shape index (κ1) is 23.8. The third-order valence-electron chi connectivity index (χ3n) is 6.38. The van der Waals surface area contributed by atoms with Crippen molar-refractivity contribution >= 4 is 5.91 Å². The lowest BCUT2D eigenvalue weighted by Crippen LogP contribution is -2.50. The number of hydrogen-bond donors (Lipinski definition) is 1. The van der Waals surface area contributed by atoms with E-state index in [1.54, 1.807) is 41.4 Å². The van der Waals surface area contributed by atoms with Crippen LogP contribution in [0.5, 0.6) is 5.75 Å². The van der Waals surface area contributed by atoms with Crippen LogP contribution in [0.15, 0.2) is 72.9 Å². The van der Waals surface area contributed by atoms with Crippen LogP contribution in [0.2, 0.25) is 0 Å². The highest BCUT2D eigenvalue weighted by atomic mass is 19.1. The minimum atomic E-state index is -0.559. The second-order valence-electron chi connectivity index (χ2n) is 8.80. The summed E-state index contributed by atoms with van der Waals surface area (Å²) in [7, 11) is 0. The van der Waals surface area contributed by atoms with Crippen LogP contribution < -0.4 is 10.1 Å². The molecule has 0 spiro atoms. The molecule has 1 saturated heterocycles. The van der Waals surface area contributed by atoms with Gasteiger partial charge in [0.2, 0.25) is 5.91 Å². The standard InChI is InChI=1S/C27H29F2N3O2/c1-27(13-16-30-17-14-27)26(33)32(18-19-34-24-8-3-2-6-22(24)29)25(23-7-4-5-15-31-23)20-9-11-21(28)12-10-20/h2-12,15,25,30H,13-14,16-19H2,1H3/t25-/m0/s1. The van der Waals surface area contributed by atoms with Gasteiger partial charge in [-0.25, -0.2) is 8.78 Å². The van der Waals surface area contributed by atoms with Crippen molar-refractivity contribution in [2.45, 2.75) is 25.8 Å². The van der Waals surface area contributed by atoms with Gasteiger partial charge < -0.3 is 15.0 Å². The number of para-hydroxylation sites is 1. The fourth-order valence-corrected chi connectivity index (χ4v) is 4.40. The van der Waals surface area contributed by atoms with Crippen molar-refractivity contribution in [1.82, 2.24) is 15.2 Å². The van der Waals surface area contributed by atoms with Crippen LogP contribution in [0.3, 0.4) is 0 Å². The van der Waals surface area contributed by atoms with Gasteiger partial charge in [0.25, 0.3) is 0 Å². The Balaban J connectivity index is 1.69. The van der Waals surface area contributed by atoms with Crippen LogP contribution in [0, 0.1) is 17.0 Å². The normalized spacial score (nSPS) is 16.0. The first-order valence-corrected chi connectivity index (χ1v) is 11.5. The lowest BCUT2D eigenvalue weighted by Gasteiger charge is -2.41. The SMILES string of the molecule is CC1(C(=O)N(CCOc2ccccc2F)[C@@H](c2ccc(F)cc2)c2ccccn2)CCNCC1. The van der Waals surface area contributed by atoms with Crippen LogP contribution in [-0.4, -0.2) is 42.0 Å². The molecule has 1 aromatic heterocycles. The molecule has 178 valence electrons. The van der Waals surface area contributed by atoms with Gasteiger partial charge in [0.05, 0.1) is 18.3 Å². The number of carbonyl (C=O) groups excluding carboxylic acids is 1. The van der Waals surface area contributed by atoms with E-state index in [1.165, 1.54) is 18.2 Å². The van der Waals surface area contributed by atoms with Crippen molar-refractivity contribution < 1.29 is 18.3 Å². The van der Waals surface area contributed by atoms with Gasteiger partial charge in [0.15, 0.2) is 11.6 Å². The van der Waals surface area contributed by atoms with Gasteiger partial charge in [-0.1, -0.05) is 37.3 Å². The molecule has 1 amide bonds. The van der Waals surface area contributed by atoms with Gasteiger partial charge in [0.1, 0.15) is 12.4 Å². The fraction of sp³-hybridized carbons (Fsp3) is 0.333. The minimum Gasteiger partial charge on any atom is -0.489 e. The summed E-state index contributed by atoms with van der Waals surface area (Å²) in [5.41, 5.74) is 0.860. The highest BCUT2D eigenvalue weighted by Gasteiger charge is 2.41. The van der Waals surface area contributed by atoms with E-state index in [-0.39, 0.29) is 30.6 Å². The highest BCUT2D eigenvalue weighted by Crippen LogP contribution is 2.36. The van der Waals surface area contributed by atoms with Crippen molar-refractivity contribution in [3.63, 3.8) is 0 Å². The lowest BCUT2D eigenvalue weighted by atomic mass is 9.79. The molecule has 0 bridgehead atoms. The molecular formula is C27H29F2N3O2. The summed E-state index contributed by atoms with van der Waals surface area (Å²) in [6.45, 7) is 3.82. The first-order chi connectivity index (χ1) is 16.5. The Hall–Kier alpha value is -3.32. The number of hydrogen-bond acceptors (Lipinski definition) is 4. The summed E-state index contributed by atoms with van der Waals surface area (Å²) in [5, 5.41) is 3.31. The Bertz CT molecular complexity index is 1090. The van der Waals surface area contributed by atoms with Crippen LogP contribution >= 0.6 is 0 Å². The van der Waals surface area contributed by atoms with Gasteiger partial charge >= 0.3 is 0 Å². The van der Waals surface area contributed by atoms with E-state index in [4.69, 9.17) is 4.74 Å². The number of nitrogens with zero attached hydrogens (tertiary/aromatic N) is 2. The molecule has 1 aliphatic heterocycles. The van der Waals surface area contributed by atoms with Crippen molar-refractivity contribution in [1.29, 1.82) is 0 Å². The summed E-state index contributed by atoms with van der Waals surface area (Å²) in [5.74, 6) is -0.689. The van der Waals surface area contributed by atoms with Crippen molar-refractivity contribution in [2.75, 3.05) is 26.2 Å². The maximum atomic E-state index is 14.1. The molecular weight excluding hydrogens is 436 g/mol. The molecule has 2 heterocycles. The van der Waals surface area contributed by atoms with Gasteiger partial charge in [0, 0.05) is 11.6 Å². The summed E-state index contributed by atoms with van der Waals surface area (Å²) in [6.07, 6.45) is 3.08. The van der Waals surface area contributed by atoms with Crippen molar-refractivity contribution in [3.8, 4) is 5.75 Å². The number of halogens is 2. The number of amides is 1. The Morgan fingerprint density at radius 3 is 2.44 bits per heavy atom. The van der Waals surface area contributed by atoms with Crippen LogP contribution in [0.25, 0.3) is 0 Å². The zero-order chi connectivity index (χ0) is 24.0. The van der Waals surface area contributed by atoms with Crippen LogP contribution in [-0.2, 0) is 4.79 Å². The third kappa shape index (κ3) is 5.42. The molecule has 0 aliphatic carbocycles.